The van der Waals surface area contributed by atoms with Crippen molar-refractivity contribution in [3.63, 3.8) is 0 Å². The van der Waals surface area contributed by atoms with Crippen LogP contribution in [0.4, 0.5) is 5.69 Å². The standard InChI is InChI=1S/C22H27N5O2/c1-15-4-5-16(9-21(15)29-14-22(23)28)12-27-8-2-3-19(13-27)25-18-6-7-20-17(10-18)11-24-26-20/h4-7,9-11,19,25H,2-3,8,12-14H2,1H3,(H2,23,28)(H,24,26)/t19-/m1/s1. The number of nitrogens with zero attached hydrogens (tertiary/aromatic N) is 2. The molecule has 1 amide bonds. The Morgan fingerprint density at radius 2 is 2.24 bits per heavy atom. The molecule has 29 heavy (non-hydrogen) atoms. The minimum atomic E-state index is -0.464. The number of rotatable bonds is 7. The van der Waals surface area contributed by atoms with Gasteiger partial charge in [-0.2, -0.15) is 5.10 Å². The number of amides is 1. The van der Waals surface area contributed by atoms with E-state index < -0.39 is 5.91 Å². The number of anilines is 1. The number of nitrogens with two attached hydrogens (primary N) is 1. The first kappa shape index (κ1) is 19.3. The van der Waals surface area contributed by atoms with Gasteiger partial charge in [0.1, 0.15) is 5.75 Å². The Labute approximate surface area is 170 Å². The molecule has 2 heterocycles. The number of nitrogens with one attached hydrogen (secondary N) is 2. The summed E-state index contributed by atoms with van der Waals surface area (Å²) in [7, 11) is 0. The third kappa shape index (κ3) is 4.86. The van der Waals surface area contributed by atoms with Crippen molar-refractivity contribution in [2.24, 2.45) is 5.73 Å². The molecular formula is C22H27N5O2. The Kier molecular flexibility index (Phi) is 5.67. The molecular weight excluding hydrogens is 366 g/mol. The summed E-state index contributed by atoms with van der Waals surface area (Å²) in [5, 5.41) is 11.9. The summed E-state index contributed by atoms with van der Waals surface area (Å²) in [5.41, 5.74) is 9.55. The third-order valence-electron chi connectivity index (χ3n) is 5.35. The van der Waals surface area contributed by atoms with Crippen LogP contribution in [0.5, 0.6) is 5.75 Å². The van der Waals surface area contributed by atoms with Gasteiger partial charge in [-0.25, -0.2) is 0 Å². The van der Waals surface area contributed by atoms with Gasteiger partial charge in [0.15, 0.2) is 6.61 Å². The van der Waals surface area contributed by atoms with Crippen LogP contribution >= 0.6 is 0 Å². The summed E-state index contributed by atoms with van der Waals surface area (Å²) in [5.74, 6) is 0.259. The predicted molar refractivity (Wildman–Crippen MR) is 114 cm³/mol. The first-order valence-electron chi connectivity index (χ1n) is 9.99. The molecule has 1 saturated heterocycles. The van der Waals surface area contributed by atoms with Gasteiger partial charge < -0.3 is 15.8 Å². The molecule has 3 aromatic rings. The lowest BCUT2D eigenvalue weighted by atomic mass is 10.0. The van der Waals surface area contributed by atoms with Crippen LogP contribution in [0, 0.1) is 6.92 Å². The number of carbonyl (C=O) groups excluding carboxylic acids is 1. The van der Waals surface area contributed by atoms with Gasteiger partial charge in [-0.05, 0) is 61.7 Å². The van der Waals surface area contributed by atoms with Crippen LogP contribution in [0.25, 0.3) is 10.9 Å². The van der Waals surface area contributed by atoms with Crippen molar-refractivity contribution < 1.29 is 9.53 Å². The third-order valence-corrected chi connectivity index (χ3v) is 5.35. The summed E-state index contributed by atoms with van der Waals surface area (Å²) >= 11 is 0. The van der Waals surface area contributed by atoms with Gasteiger partial charge in [-0.15, -0.1) is 0 Å². The minimum Gasteiger partial charge on any atom is -0.484 e. The monoisotopic (exact) mass is 393 g/mol. The number of aromatic nitrogens is 2. The molecule has 0 saturated carbocycles. The largest absolute Gasteiger partial charge is 0.484 e. The average Bonchev–Trinajstić information content (AvgIpc) is 3.16. The van der Waals surface area contributed by atoms with Gasteiger partial charge in [-0.3, -0.25) is 14.8 Å². The number of primary amides is 1. The zero-order valence-electron chi connectivity index (χ0n) is 16.6. The van der Waals surface area contributed by atoms with Crippen LogP contribution in [0.1, 0.15) is 24.0 Å². The van der Waals surface area contributed by atoms with Crippen molar-refractivity contribution in [2.45, 2.75) is 32.4 Å². The highest BCUT2D eigenvalue weighted by Gasteiger charge is 2.20. The highest BCUT2D eigenvalue weighted by atomic mass is 16.5. The zero-order chi connectivity index (χ0) is 20.2. The summed E-state index contributed by atoms with van der Waals surface area (Å²) in [6.45, 7) is 4.78. The first-order valence-corrected chi connectivity index (χ1v) is 9.99. The number of hydrogen-bond acceptors (Lipinski definition) is 5. The molecule has 1 aliphatic heterocycles. The highest BCUT2D eigenvalue weighted by Crippen LogP contribution is 2.24. The molecule has 4 rings (SSSR count). The topological polar surface area (TPSA) is 96.3 Å². The maximum atomic E-state index is 11.0. The minimum absolute atomic E-state index is 0.0962. The molecule has 1 fully saturated rings. The van der Waals surface area contributed by atoms with Crippen molar-refractivity contribution in [3.05, 3.63) is 53.7 Å². The number of fused-ring (bicyclic) bond motifs is 1. The fourth-order valence-electron chi connectivity index (χ4n) is 3.89. The molecule has 1 aromatic heterocycles. The molecule has 7 heteroatoms. The van der Waals surface area contributed by atoms with E-state index in [1.165, 1.54) is 5.56 Å². The number of carbonyl (C=O) groups is 1. The Morgan fingerprint density at radius 1 is 1.34 bits per heavy atom. The smallest absolute Gasteiger partial charge is 0.255 e. The van der Waals surface area contributed by atoms with Crippen molar-refractivity contribution in [1.82, 2.24) is 15.1 Å². The molecule has 152 valence electrons. The van der Waals surface area contributed by atoms with E-state index in [2.05, 4.69) is 44.7 Å². The van der Waals surface area contributed by atoms with Crippen molar-refractivity contribution in [1.29, 1.82) is 0 Å². The summed E-state index contributed by atoms with van der Waals surface area (Å²) in [4.78, 5) is 13.5. The van der Waals surface area contributed by atoms with Crippen LogP contribution in [0.3, 0.4) is 0 Å². The van der Waals surface area contributed by atoms with E-state index in [1.807, 2.05) is 25.3 Å². The second kappa shape index (κ2) is 8.53. The lowest BCUT2D eigenvalue weighted by Gasteiger charge is -2.33. The van der Waals surface area contributed by atoms with Gasteiger partial charge in [0.05, 0.1) is 11.7 Å². The maximum Gasteiger partial charge on any atom is 0.255 e. The number of ether oxygens (including phenoxy) is 1. The lowest BCUT2D eigenvalue weighted by molar-refractivity contribution is -0.119. The van der Waals surface area contributed by atoms with Gasteiger partial charge in [0.25, 0.3) is 5.91 Å². The Morgan fingerprint density at radius 3 is 3.10 bits per heavy atom. The molecule has 4 N–H and O–H groups in total. The molecule has 0 spiro atoms. The maximum absolute atomic E-state index is 11.0. The second-order valence-electron chi connectivity index (χ2n) is 7.75. The van der Waals surface area contributed by atoms with Crippen LogP contribution in [-0.2, 0) is 11.3 Å². The van der Waals surface area contributed by atoms with Gasteiger partial charge in [0.2, 0.25) is 0 Å². The van der Waals surface area contributed by atoms with Crippen molar-refractivity contribution in [3.8, 4) is 5.75 Å². The molecule has 1 aliphatic rings. The summed E-state index contributed by atoms with van der Waals surface area (Å²) < 4.78 is 5.54. The first-order chi connectivity index (χ1) is 14.1. The number of benzene rings is 2. The van der Waals surface area contributed by atoms with E-state index >= 15 is 0 Å². The van der Waals surface area contributed by atoms with E-state index in [4.69, 9.17) is 10.5 Å². The Balaban J connectivity index is 1.38. The fourth-order valence-corrected chi connectivity index (χ4v) is 3.89. The Hall–Kier alpha value is -3.06. The number of piperidine rings is 1. The van der Waals surface area contributed by atoms with Gasteiger partial charge in [-0.1, -0.05) is 12.1 Å². The van der Waals surface area contributed by atoms with E-state index in [1.54, 1.807) is 0 Å². The molecule has 7 nitrogen and oxygen atoms in total. The summed E-state index contributed by atoms with van der Waals surface area (Å²) in [6.07, 6.45) is 4.16. The predicted octanol–water partition coefficient (Wildman–Crippen LogP) is 2.81. The number of aryl methyl sites for hydroxylation is 1. The van der Waals surface area contributed by atoms with Crippen molar-refractivity contribution >= 4 is 22.5 Å². The van der Waals surface area contributed by atoms with E-state index in [0.29, 0.717) is 6.04 Å². The van der Waals surface area contributed by atoms with Crippen molar-refractivity contribution in [2.75, 3.05) is 25.0 Å². The van der Waals surface area contributed by atoms with Crippen LogP contribution in [0.15, 0.2) is 42.6 Å². The highest BCUT2D eigenvalue weighted by molar-refractivity contribution is 5.81. The lowest BCUT2D eigenvalue weighted by Crippen LogP contribution is -2.41. The molecule has 0 bridgehead atoms. The summed E-state index contributed by atoms with van der Waals surface area (Å²) in [6, 6.07) is 12.9. The number of likely N-dealkylation sites (tertiary alicyclic amines) is 1. The average molecular weight is 393 g/mol. The van der Waals surface area contributed by atoms with E-state index in [9.17, 15) is 4.79 Å². The molecule has 1 atom stereocenters. The van der Waals surface area contributed by atoms with Gasteiger partial charge >= 0.3 is 0 Å². The fraction of sp³-hybridized carbons (Fsp3) is 0.364. The SMILES string of the molecule is Cc1ccc(CN2CCC[C@@H](Nc3ccc4[nH]ncc4c3)C2)cc1OCC(N)=O. The van der Waals surface area contributed by atoms with Crippen LogP contribution < -0.4 is 15.8 Å². The quantitative estimate of drug-likeness (QED) is 0.574. The second-order valence-corrected chi connectivity index (χ2v) is 7.75. The van der Waals surface area contributed by atoms with Crippen LogP contribution in [-0.4, -0.2) is 46.7 Å². The molecule has 0 aliphatic carbocycles. The normalized spacial score (nSPS) is 17.3. The molecule has 0 radical (unpaired) electrons. The number of aromatic amines is 1. The van der Waals surface area contributed by atoms with Crippen LogP contribution in [0.2, 0.25) is 0 Å². The Bertz CT molecular complexity index is 1000. The zero-order valence-corrected chi connectivity index (χ0v) is 16.6. The number of H-pyrrole nitrogens is 1. The number of hydrogen-bond donors (Lipinski definition) is 3. The van der Waals surface area contributed by atoms with E-state index in [-0.39, 0.29) is 6.61 Å². The molecule has 0 unspecified atom stereocenters. The van der Waals surface area contributed by atoms with Gasteiger partial charge in [0, 0.05) is 30.2 Å². The molecule has 2 aromatic carbocycles. The van der Waals surface area contributed by atoms with E-state index in [0.717, 1.165) is 60.4 Å².